The highest BCUT2D eigenvalue weighted by molar-refractivity contribution is 5.62. The van der Waals surface area contributed by atoms with Gasteiger partial charge < -0.3 is 0 Å². The van der Waals surface area contributed by atoms with Gasteiger partial charge in [-0.25, -0.2) is 0 Å². The predicted molar refractivity (Wildman–Crippen MR) is 12.1 cm³/mol. The van der Waals surface area contributed by atoms with Gasteiger partial charge in [0.05, 0.1) is 0 Å². The molecule has 0 unspecified atom stereocenters. The molecule has 1 heterocycles. The van der Waals surface area contributed by atoms with Crippen LogP contribution in [0.5, 0.6) is 0 Å². The van der Waals surface area contributed by atoms with E-state index in [2.05, 4.69) is 5.10 Å². The first-order valence-electron chi connectivity index (χ1n) is 0.916. The fraction of sp³-hybridized carbons (Fsp3) is 0. The van der Waals surface area contributed by atoms with E-state index in [1.54, 1.807) is 0 Å². The van der Waals surface area contributed by atoms with Crippen LogP contribution in [0.1, 0.15) is 0 Å². The zero-order valence-electron chi connectivity index (χ0n) is 1.92. The van der Waals surface area contributed by atoms with E-state index < -0.39 is 0 Å². The van der Waals surface area contributed by atoms with Crippen LogP contribution in [0, 0.1) is 0 Å². The van der Waals surface area contributed by atoms with Crippen molar-refractivity contribution in [1.29, 1.82) is 0 Å². The Kier molecular flexibility index (Phi) is 0.109. The maximum atomic E-state index is 7.78. The number of rotatable bonds is 0. The van der Waals surface area contributed by atoms with Gasteiger partial charge in [-0.3, -0.25) is 5.21 Å². The molecule has 0 aromatic rings. The second kappa shape index (κ2) is 0.253. The number of hydroxylamine groups is 1. The molecule has 0 saturated heterocycles. The monoisotopic (exact) mass is 58.0 g/mol. The normalized spacial score (nSPS) is 17.8. The molecule has 4 heavy (non-hydrogen) atoms. The number of nitrogens with zero attached hydrogens (tertiary/aromatic N) is 2. The SMILES string of the molecule is ON1C=N1. The second-order valence-corrected chi connectivity index (χ2v) is 0.551. The van der Waals surface area contributed by atoms with Crippen molar-refractivity contribution < 1.29 is 5.21 Å². The van der Waals surface area contributed by atoms with E-state index in [9.17, 15) is 0 Å². The van der Waals surface area contributed by atoms with E-state index in [4.69, 9.17) is 5.21 Å². The van der Waals surface area contributed by atoms with Crippen LogP contribution in [0.2, 0.25) is 0 Å². The summed E-state index contributed by atoms with van der Waals surface area (Å²) in [4.78, 5) is 0. The van der Waals surface area contributed by atoms with E-state index in [1.807, 2.05) is 0 Å². The summed E-state index contributed by atoms with van der Waals surface area (Å²) >= 11 is 0. The van der Waals surface area contributed by atoms with Crippen LogP contribution in [0.3, 0.4) is 0 Å². The first-order valence-corrected chi connectivity index (χ1v) is 0.916. The predicted octanol–water partition coefficient (Wildman–Crippen LogP) is -0.365. The molecule has 1 aliphatic rings. The smallest absolute Gasteiger partial charge is 0.165 e. The van der Waals surface area contributed by atoms with Crippen LogP contribution in [0.15, 0.2) is 5.10 Å². The van der Waals surface area contributed by atoms with Crippen LogP contribution in [-0.2, 0) is 0 Å². The first kappa shape index (κ1) is 1.72. The fourth-order valence-electron chi connectivity index (χ4n) is 0.0231. The Hall–Kier alpha value is -0.570. The summed E-state index contributed by atoms with van der Waals surface area (Å²) in [7, 11) is 0. The third-order valence-corrected chi connectivity index (χ3v) is 0.219. The van der Waals surface area contributed by atoms with E-state index in [0.29, 0.717) is 0 Å². The highest BCUT2D eigenvalue weighted by Gasteiger charge is 1.96. The van der Waals surface area contributed by atoms with Crippen molar-refractivity contribution in [3.05, 3.63) is 0 Å². The maximum Gasteiger partial charge on any atom is 0.165 e. The van der Waals surface area contributed by atoms with Crippen molar-refractivity contribution in [2.24, 2.45) is 5.10 Å². The minimum atomic E-state index is 0.750. The lowest BCUT2D eigenvalue weighted by Gasteiger charge is -1.68. The van der Waals surface area contributed by atoms with Gasteiger partial charge in [0.1, 0.15) is 0 Å². The van der Waals surface area contributed by atoms with Crippen LogP contribution in [0.25, 0.3) is 0 Å². The lowest BCUT2D eigenvalue weighted by molar-refractivity contribution is 0.0406. The standard InChI is InChI=1S/CH2N2O/c4-3-1-2-3/h1,4H. The summed E-state index contributed by atoms with van der Waals surface area (Å²) < 4.78 is 0. The number of hydrogen-bond donors (Lipinski definition) is 1. The zero-order valence-corrected chi connectivity index (χ0v) is 1.92. The molecule has 3 nitrogen and oxygen atoms in total. The Morgan fingerprint density at radius 1 is 2.00 bits per heavy atom. The summed E-state index contributed by atoms with van der Waals surface area (Å²) in [6.07, 6.45) is 1.31. The number of hydrogen-bond acceptors (Lipinski definition) is 3. The molecule has 1 aliphatic heterocycles. The molecule has 0 aromatic carbocycles. The molecule has 0 radical (unpaired) electrons. The molecule has 0 atom stereocenters. The molecule has 1 N–H and O–H groups in total. The van der Waals surface area contributed by atoms with E-state index >= 15 is 0 Å². The third-order valence-electron chi connectivity index (χ3n) is 0.219. The molecule has 0 saturated carbocycles. The number of hydrazone groups is 1. The van der Waals surface area contributed by atoms with Gasteiger partial charge in [0.25, 0.3) is 0 Å². The molecule has 22 valence electrons. The average molecular weight is 58.0 g/mol. The van der Waals surface area contributed by atoms with Crippen LogP contribution < -0.4 is 0 Å². The lowest BCUT2D eigenvalue weighted by atomic mass is 11.5. The summed E-state index contributed by atoms with van der Waals surface area (Å²) in [5.41, 5.74) is 0. The van der Waals surface area contributed by atoms with E-state index in [-0.39, 0.29) is 0 Å². The summed E-state index contributed by atoms with van der Waals surface area (Å²) in [6, 6.07) is 0. The Morgan fingerprint density at radius 2 is 2.25 bits per heavy atom. The molecule has 1 rings (SSSR count). The minimum absolute atomic E-state index is 0.750. The van der Waals surface area contributed by atoms with Crippen molar-refractivity contribution in [2.45, 2.75) is 0 Å². The van der Waals surface area contributed by atoms with Crippen LogP contribution >= 0.6 is 0 Å². The van der Waals surface area contributed by atoms with E-state index in [0.717, 1.165) is 5.17 Å². The average Bonchev–Trinajstić information content (AvgIpc) is 1.75. The largest absolute Gasteiger partial charge is 0.266 e. The second-order valence-electron chi connectivity index (χ2n) is 0.551. The maximum absolute atomic E-state index is 7.78. The molecule has 0 fully saturated rings. The van der Waals surface area contributed by atoms with Crippen LogP contribution in [0.4, 0.5) is 0 Å². The van der Waals surface area contributed by atoms with Gasteiger partial charge in [0.15, 0.2) is 6.34 Å². The van der Waals surface area contributed by atoms with Crippen molar-refractivity contribution >= 4 is 6.34 Å². The molecular formula is CH2N2O. The summed E-state index contributed by atoms with van der Waals surface area (Å²) in [5, 5.41) is 11.7. The van der Waals surface area contributed by atoms with Gasteiger partial charge in [-0.1, -0.05) is 0 Å². The Morgan fingerprint density at radius 3 is 2.25 bits per heavy atom. The molecule has 3 heteroatoms. The minimum Gasteiger partial charge on any atom is -0.266 e. The third kappa shape index (κ3) is 0.0448. The van der Waals surface area contributed by atoms with Gasteiger partial charge in [-0.05, 0) is 0 Å². The van der Waals surface area contributed by atoms with Gasteiger partial charge in [-0.2, -0.15) is 0 Å². The van der Waals surface area contributed by atoms with Crippen LogP contribution in [-0.4, -0.2) is 16.7 Å². The quantitative estimate of drug-likeness (QED) is 0.412. The van der Waals surface area contributed by atoms with Gasteiger partial charge >= 0.3 is 0 Å². The van der Waals surface area contributed by atoms with Gasteiger partial charge in [-0.15, -0.1) is 10.3 Å². The van der Waals surface area contributed by atoms with E-state index in [1.165, 1.54) is 6.34 Å². The first-order chi connectivity index (χ1) is 1.89. The Balaban J connectivity index is 2.32. The zero-order chi connectivity index (χ0) is 2.99. The summed E-state index contributed by atoms with van der Waals surface area (Å²) in [6.45, 7) is 0. The summed E-state index contributed by atoms with van der Waals surface area (Å²) in [5.74, 6) is 0. The van der Waals surface area contributed by atoms with Crippen molar-refractivity contribution in [1.82, 2.24) is 5.17 Å². The topological polar surface area (TPSA) is 35.6 Å². The van der Waals surface area contributed by atoms with Crippen molar-refractivity contribution in [3.63, 3.8) is 0 Å². The molecule has 0 aromatic heterocycles. The van der Waals surface area contributed by atoms with Gasteiger partial charge in [0.2, 0.25) is 0 Å². The highest BCUT2D eigenvalue weighted by atomic mass is 16.6. The Bertz CT molecular complexity index is 44.0. The molecule has 0 bridgehead atoms. The molecule has 0 aliphatic carbocycles. The lowest BCUT2D eigenvalue weighted by Crippen LogP contribution is -1.81. The highest BCUT2D eigenvalue weighted by Crippen LogP contribution is 1.85. The van der Waals surface area contributed by atoms with Gasteiger partial charge in [0, 0.05) is 0 Å². The van der Waals surface area contributed by atoms with Crippen molar-refractivity contribution in [2.75, 3.05) is 0 Å². The van der Waals surface area contributed by atoms with Crippen molar-refractivity contribution in [3.8, 4) is 0 Å². The molecule has 0 amide bonds. The molecule has 0 spiro atoms. The Labute approximate surface area is 23.1 Å². The fourth-order valence-corrected chi connectivity index (χ4v) is 0.0231. The molecular weight excluding hydrogens is 56.0 g/mol.